The molecule has 4 nitrogen and oxygen atoms in total. The van der Waals surface area contributed by atoms with Crippen molar-refractivity contribution in [3.8, 4) is 0 Å². The third kappa shape index (κ3) is 5.49. The fraction of sp³-hybridized carbons (Fsp3) is 0.750. The number of carbonyl (C=O) groups is 1. The molecule has 0 amide bonds. The van der Waals surface area contributed by atoms with Crippen molar-refractivity contribution in [2.75, 3.05) is 0 Å². The predicted molar refractivity (Wildman–Crippen MR) is 31.0 cm³/mol. The van der Waals surface area contributed by atoms with Crippen molar-refractivity contribution in [2.24, 2.45) is 0 Å². The summed E-state index contributed by atoms with van der Waals surface area (Å²) in [4.78, 5) is 10.2. The van der Waals surface area contributed by atoms with E-state index >= 15 is 0 Å². The van der Waals surface area contributed by atoms with Gasteiger partial charge in [0.1, 0.15) is 0 Å². The van der Waals surface area contributed by atoms with E-state index in [4.69, 9.17) is 0 Å². The molecule has 10 heavy (non-hydrogen) atoms. The Labute approximate surface area is 58.4 Å². The van der Waals surface area contributed by atoms with E-state index in [9.17, 15) is 17.1 Å². The summed E-state index contributed by atoms with van der Waals surface area (Å²) < 4.78 is 34.1. The summed E-state index contributed by atoms with van der Waals surface area (Å²) in [5.41, 5.74) is 0. The first-order valence-electron chi connectivity index (χ1n) is 2.62. The Balaban J connectivity index is 3.82. The standard InChI is InChI=1S/C4H7FO4S/c1-2-3-4(6)9-10(5,7)8/h2-3H2,1H3. The SMILES string of the molecule is CCCC(=O)OS(=O)(=O)F. The lowest BCUT2D eigenvalue weighted by atomic mass is 10.4. The van der Waals surface area contributed by atoms with Gasteiger partial charge in [-0.05, 0) is 6.42 Å². The highest BCUT2D eigenvalue weighted by molar-refractivity contribution is 7.81. The molecular formula is C4H7FO4S. The largest absolute Gasteiger partial charge is 0.491 e. The number of halogens is 1. The molecule has 0 aliphatic heterocycles. The summed E-state index contributed by atoms with van der Waals surface area (Å²) in [7, 11) is -5.10. The van der Waals surface area contributed by atoms with E-state index in [2.05, 4.69) is 4.18 Å². The average Bonchev–Trinajstić information content (AvgIpc) is 1.59. The van der Waals surface area contributed by atoms with Crippen LogP contribution in [0, 0.1) is 0 Å². The fourth-order valence-electron chi connectivity index (χ4n) is 0.357. The van der Waals surface area contributed by atoms with E-state index in [0.29, 0.717) is 6.42 Å². The minimum atomic E-state index is -5.10. The van der Waals surface area contributed by atoms with E-state index in [0.717, 1.165) is 0 Å². The molecule has 0 saturated heterocycles. The Kier molecular flexibility index (Phi) is 3.27. The summed E-state index contributed by atoms with van der Waals surface area (Å²) in [6, 6.07) is 0. The van der Waals surface area contributed by atoms with Gasteiger partial charge in [0, 0.05) is 6.42 Å². The molecule has 0 bridgehead atoms. The van der Waals surface area contributed by atoms with Crippen LogP contribution in [-0.4, -0.2) is 14.4 Å². The molecule has 0 atom stereocenters. The van der Waals surface area contributed by atoms with Crippen LogP contribution >= 0.6 is 0 Å². The van der Waals surface area contributed by atoms with E-state index in [-0.39, 0.29) is 6.42 Å². The minimum Gasteiger partial charge on any atom is -0.322 e. The Hall–Kier alpha value is -0.650. The smallest absolute Gasteiger partial charge is 0.322 e. The molecule has 0 heterocycles. The molecule has 60 valence electrons. The van der Waals surface area contributed by atoms with Crippen LogP contribution in [0.1, 0.15) is 19.8 Å². The monoisotopic (exact) mass is 170 g/mol. The summed E-state index contributed by atoms with van der Waals surface area (Å²) in [5.74, 6) is -1.06. The van der Waals surface area contributed by atoms with Gasteiger partial charge < -0.3 is 4.18 Å². The number of hydrogen-bond donors (Lipinski definition) is 0. The summed E-state index contributed by atoms with van der Waals surface area (Å²) >= 11 is 0. The highest BCUT2D eigenvalue weighted by atomic mass is 32.3. The van der Waals surface area contributed by atoms with Gasteiger partial charge in [-0.1, -0.05) is 10.8 Å². The van der Waals surface area contributed by atoms with Gasteiger partial charge >= 0.3 is 16.5 Å². The van der Waals surface area contributed by atoms with E-state index in [1.54, 1.807) is 6.92 Å². The molecule has 0 N–H and O–H groups in total. The van der Waals surface area contributed by atoms with E-state index < -0.39 is 16.5 Å². The normalized spacial score (nSPS) is 11.0. The molecule has 0 unspecified atom stereocenters. The van der Waals surface area contributed by atoms with Crippen LogP contribution in [-0.2, 0) is 19.5 Å². The highest BCUT2D eigenvalue weighted by Crippen LogP contribution is 1.98. The van der Waals surface area contributed by atoms with Crippen LogP contribution in [0.15, 0.2) is 0 Å². The van der Waals surface area contributed by atoms with Gasteiger partial charge in [0.25, 0.3) is 0 Å². The number of rotatable bonds is 3. The molecule has 0 saturated carbocycles. The zero-order valence-corrected chi connectivity index (χ0v) is 6.15. The van der Waals surface area contributed by atoms with Crippen molar-refractivity contribution >= 4 is 16.5 Å². The topological polar surface area (TPSA) is 60.4 Å². The van der Waals surface area contributed by atoms with Crippen molar-refractivity contribution in [1.82, 2.24) is 0 Å². The lowest BCUT2D eigenvalue weighted by Crippen LogP contribution is -2.07. The Morgan fingerprint density at radius 1 is 1.60 bits per heavy atom. The highest BCUT2D eigenvalue weighted by Gasteiger charge is 2.13. The maximum absolute atomic E-state index is 11.5. The van der Waals surface area contributed by atoms with Gasteiger partial charge in [-0.15, -0.1) is 0 Å². The summed E-state index contributed by atoms with van der Waals surface area (Å²) in [6.07, 6.45) is 0.331. The predicted octanol–water partition coefficient (Wildman–Crippen LogP) is 0.544. The molecule has 0 spiro atoms. The van der Waals surface area contributed by atoms with Crippen LogP contribution in [0.4, 0.5) is 3.89 Å². The Morgan fingerprint density at radius 2 is 2.10 bits per heavy atom. The Morgan fingerprint density at radius 3 is 2.40 bits per heavy atom. The molecule has 0 rings (SSSR count). The van der Waals surface area contributed by atoms with Crippen LogP contribution < -0.4 is 0 Å². The van der Waals surface area contributed by atoms with Crippen molar-refractivity contribution < 1.29 is 21.3 Å². The fourth-order valence-corrected chi connectivity index (χ4v) is 0.662. The molecule has 0 aromatic carbocycles. The third-order valence-corrected chi connectivity index (χ3v) is 1.03. The minimum absolute atomic E-state index is 0.0941. The van der Waals surface area contributed by atoms with Gasteiger partial charge in [-0.2, -0.15) is 8.42 Å². The van der Waals surface area contributed by atoms with Crippen LogP contribution in [0.5, 0.6) is 0 Å². The lowest BCUT2D eigenvalue weighted by Gasteiger charge is -1.93. The maximum Gasteiger partial charge on any atom is 0.491 e. The van der Waals surface area contributed by atoms with Crippen LogP contribution in [0.2, 0.25) is 0 Å². The molecule has 0 aromatic heterocycles. The first-order valence-corrected chi connectivity index (χ1v) is 3.93. The zero-order valence-electron chi connectivity index (χ0n) is 5.33. The summed E-state index contributed by atoms with van der Waals surface area (Å²) in [5, 5.41) is 0. The molecule has 0 aromatic rings. The first kappa shape index (κ1) is 9.35. The van der Waals surface area contributed by atoms with Crippen molar-refractivity contribution in [2.45, 2.75) is 19.8 Å². The van der Waals surface area contributed by atoms with Gasteiger partial charge in [0.15, 0.2) is 0 Å². The molecule has 0 fully saturated rings. The van der Waals surface area contributed by atoms with Gasteiger partial charge in [0.2, 0.25) is 0 Å². The van der Waals surface area contributed by atoms with Crippen molar-refractivity contribution in [3.63, 3.8) is 0 Å². The van der Waals surface area contributed by atoms with Gasteiger partial charge in [-0.3, -0.25) is 4.79 Å². The quantitative estimate of drug-likeness (QED) is 0.580. The van der Waals surface area contributed by atoms with E-state index in [1.165, 1.54) is 0 Å². The van der Waals surface area contributed by atoms with Gasteiger partial charge in [-0.25, -0.2) is 0 Å². The van der Waals surface area contributed by atoms with Crippen molar-refractivity contribution in [3.05, 3.63) is 0 Å². The molecule has 6 heteroatoms. The third-order valence-electron chi connectivity index (χ3n) is 0.647. The maximum atomic E-state index is 11.5. The van der Waals surface area contributed by atoms with E-state index in [1.807, 2.05) is 0 Å². The molecule has 0 aliphatic rings. The molecular weight excluding hydrogens is 163 g/mol. The lowest BCUT2D eigenvalue weighted by molar-refractivity contribution is -0.134. The second-order valence-electron chi connectivity index (χ2n) is 1.60. The van der Waals surface area contributed by atoms with Crippen molar-refractivity contribution in [1.29, 1.82) is 0 Å². The number of carbonyl (C=O) groups excluding carboxylic acids is 1. The first-order chi connectivity index (χ1) is 4.45. The molecule has 0 radical (unpaired) electrons. The average molecular weight is 170 g/mol. The second kappa shape index (κ2) is 3.50. The zero-order chi connectivity index (χ0) is 8.20. The Bertz CT molecular complexity index is 207. The molecule has 0 aliphatic carbocycles. The van der Waals surface area contributed by atoms with Crippen LogP contribution in [0.25, 0.3) is 0 Å². The van der Waals surface area contributed by atoms with Crippen LogP contribution in [0.3, 0.4) is 0 Å². The van der Waals surface area contributed by atoms with Gasteiger partial charge in [0.05, 0.1) is 0 Å². The number of hydrogen-bond acceptors (Lipinski definition) is 4. The second-order valence-corrected chi connectivity index (χ2v) is 2.55. The summed E-state index contributed by atoms with van der Waals surface area (Å²) in [6.45, 7) is 1.64.